The summed E-state index contributed by atoms with van der Waals surface area (Å²) in [5, 5.41) is 3.55. The molecule has 1 saturated heterocycles. The predicted molar refractivity (Wildman–Crippen MR) is 164 cm³/mol. The van der Waals surface area contributed by atoms with Gasteiger partial charge in [0, 0.05) is 22.5 Å². The summed E-state index contributed by atoms with van der Waals surface area (Å²) in [4.78, 5) is 46.3. The van der Waals surface area contributed by atoms with Crippen molar-refractivity contribution in [1.82, 2.24) is 4.90 Å². The summed E-state index contributed by atoms with van der Waals surface area (Å²) in [5.41, 5.74) is 2.24. The first-order valence-electron chi connectivity index (χ1n) is 13.9. The summed E-state index contributed by atoms with van der Waals surface area (Å²) in [7, 11) is 3.00. The fourth-order valence-electron chi connectivity index (χ4n) is 7.13. The topological polar surface area (TPSA) is 84.9 Å². The Morgan fingerprint density at radius 2 is 1.63 bits per heavy atom. The second kappa shape index (κ2) is 10.1. The number of nitrogens with zero attached hydrogens (tertiary/aromatic N) is 1. The molecule has 8 heteroatoms. The van der Waals surface area contributed by atoms with E-state index in [2.05, 4.69) is 5.32 Å². The molecule has 0 aliphatic carbocycles. The Labute approximate surface area is 253 Å². The van der Waals surface area contributed by atoms with Crippen molar-refractivity contribution in [2.24, 2.45) is 5.92 Å². The first-order chi connectivity index (χ1) is 20.9. The Morgan fingerprint density at radius 3 is 2.40 bits per heavy atom. The number of halogens is 1. The van der Waals surface area contributed by atoms with Crippen LogP contribution in [0.4, 0.5) is 5.69 Å². The number of anilines is 1. The van der Waals surface area contributed by atoms with E-state index in [1.165, 1.54) is 14.2 Å². The monoisotopic (exact) mass is 590 g/mol. The highest BCUT2D eigenvalue weighted by atomic mass is 35.5. The van der Waals surface area contributed by atoms with E-state index in [0.29, 0.717) is 33.3 Å². The second-order valence-electron chi connectivity index (χ2n) is 10.9. The van der Waals surface area contributed by atoms with Crippen molar-refractivity contribution < 1.29 is 23.9 Å². The number of rotatable bonds is 6. The fourth-order valence-corrected chi connectivity index (χ4v) is 7.25. The zero-order valence-electron chi connectivity index (χ0n) is 23.4. The standard InChI is InChI=1S/C35H27ClN2O5/c1-42-23-15-16-28(43-2)25(19-23)32(40)29-30(31(39)21-11-13-22(36)14-12-21)38-18-17-20-7-3-4-8-24(20)33(38)35(29)26-9-5-6-10-27(26)37-34(35)41/h3-19,29-30,33H,1-2H3,(H,37,41)/t29-,30-,33-,35-/m1/s1. The van der Waals surface area contributed by atoms with Crippen LogP contribution in [0, 0.1) is 5.92 Å². The molecule has 214 valence electrons. The van der Waals surface area contributed by atoms with Gasteiger partial charge in [-0.15, -0.1) is 0 Å². The number of fused-ring (bicyclic) bond motifs is 6. The molecule has 0 unspecified atom stereocenters. The molecule has 1 fully saturated rings. The first-order valence-corrected chi connectivity index (χ1v) is 14.3. The number of hydrogen-bond acceptors (Lipinski definition) is 6. The highest BCUT2D eigenvalue weighted by Crippen LogP contribution is 2.62. The predicted octanol–water partition coefficient (Wildman–Crippen LogP) is 6.34. The Hall–Kier alpha value is -4.88. The zero-order chi connectivity index (χ0) is 29.9. The summed E-state index contributed by atoms with van der Waals surface area (Å²) in [6.45, 7) is 0. The number of hydrogen-bond donors (Lipinski definition) is 1. The van der Waals surface area contributed by atoms with Crippen molar-refractivity contribution in [1.29, 1.82) is 0 Å². The van der Waals surface area contributed by atoms with Gasteiger partial charge in [0.05, 0.1) is 31.7 Å². The largest absolute Gasteiger partial charge is 0.497 e. The third-order valence-electron chi connectivity index (χ3n) is 8.92. The summed E-state index contributed by atoms with van der Waals surface area (Å²) in [6.07, 6.45) is 3.77. The molecule has 1 amide bonds. The van der Waals surface area contributed by atoms with E-state index in [9.17, 15) is 9.59 Å². The van der Waals surface area contributed by atoms with Gasteiger partial charge in [-0.1, -0.05) is 54.1 Å². The third-order valence-corrected chi connectivity index (χ3v) is 9.17. The summed E-state index contributed by atoms with van der Waals surface area (Å²) in [6, 6.07) is 25.1. The minimum Gasteiger partial charge on any atom is -0.497 e. The van der Waals surface area contributed by atoms with Crippen molar-refractivity contribution in [3.8, 4) is 11.5 Å². The number of carbonyl (C=O) groups excluding carboxylic acids is 3. The lowest BCUT2D eigenvalue weighted by molar-refractivity contribution is -0.122. The summed E-state index contributed by atoms with van der Waals surface area (Å²) < 4.78 is 11.1. The molecule has 4 aromatic carbocycles. The maximum absolute atomic E-state index is 15.1. The lowest BCUT2D eigenvalue weighted by atomic mass is 9.62. The van der Waals surface area contributed by atoms with Crippen LogP contribution in [0.2, 0.25) is 5.02 Å². The number of benzene rings is 4. The minimum absolute atomic E-state index is 0.231. The summed E-state index contributed by atoms with van der Waals surface area (Å²) >= 11 is 6.17. The van der Waals surface area contributed by atoms with Crippen LogP contribution in [0.3, 0.4) is 0 Å². The van der Waals surface area contributed by atoms with Gasteiger partial charge < -0.3 is 19.7 Å². The molecule has 0 aromatic heterocycles. The highest BCUT2D eigenvalue weighted by molar-refractivity contribution is 6.30. The van der Waals surface area contributed by atoms with E-state index < -0.39 is 29.2 Å². The van der Waals surface area contributed by atoms with Gasteiger partial charge in [0.15, 0.2) is 11.6 Å². The Kier molecular flexibility index (Phi) is 6.36. The molecular formula is C35H27ClN2O5. The number of para-hydroxylation sites is 1. The number of carbonyl (C=O) groups is 3. The van der Waals surface area contributed by atoms with Crippen LogP contribution in [-0.4, -0.2) is 42.6 Å². The van der Waals surface area contributed by atoms with Gasteiger partial charge >= 0.3 is 0 Å². The number of nitrogens with one attached hydrogen (secondary N) is 1. The van der Waals surface area contributed by atoms with Crippen molar-refractivity contribution in [2.45, 2.75) is 17.5 Å². The number of ether oxygens (including phenoxy) is 2. The van der Waals surface area contributed by atoms with Crippen LogP contribution in [0.25, 0.3) is 6.08 Å². The van der Waals surface area contributed by atoms with Crippen molar-refractivity contribution in [2.75, 3.05) is 19.5 Å². The first kappa shape index (κ1) is 27.0. The zero-order valence-corrected chi connectivity index (χ0v) is 24.2. The quantitative estimate of drug-likeness (QED) is 0.264. The number of Topliss-reactive ketones (excluding diaryl/α,β-unsaturated/α-hetero) is 2. The van der Waals surface area contributed by atoms with E-state index >= 15 is 4.79 Å². The fraction of sp³-hybridized carbons (Fsp3) is 0.171. The average molecular weight is 591 g/mol. The van der Waals surface area contributed by atoms with Gasteiger partial charge in [-0.3, -0.25) is 14.4 Å². The lowest BCUT2D eigenvalue weighted by Crippen LogP contribution is -2.49. The molecule has 43 heavy (non-hydrogen) atoms. The van der Waals surface area contributed by atoms with Crippen LogP contribution >= 0.6 is 11.6 Å². The van der Waals surface area contributed by atoms with Gasteiger partial charge in [0.1, 0.15) is 23.0 Å². The van der Waals surface area contributed by atoms with Crippen molar-refractivity contribution >= 4 is 40.8 Å². The van der Waals surface area contributed by atoms with E-state index in [1.807, 2.05) is 65.7 Å². The summed E-state index contributed by atoms with van der Waals surface area (Å²) in [5.74, 6) is -1.38. The van der Waals surface area contributed by atoms with Gasteiger partial charge in [-0.25, -0.2) is 0 Å². The molecule has 4 atom stereocenters. The molecule has 7 rings (SSSR count). The number of amides is 1. The maximum atomic E-state index is 15.1. The number of ketones is 2. The molecule has 3 aliphatic heterocycles. The molecule has 1 N–H and O–H groups in total. The van der Waals surface area contributed by atoms with Crippen LogP contribution in [-0.2, 0) is 10.2 Å². The second-order valence-corrected chi connectivity index (χ2v) is 11.3. The van der Waals surface area contributed by atoms with Crippen LogP contribution in [0.1, 0.15) is 43.4 Å². The Morgan fingerprint density at radius 1 is 0.884 bits per heavy atom. The molecular weight excluding hydrogens is 564 g/mol. The smallest absolute Gasteiger partial charge is 0.238 e. The van der Waals surface area contributed by atoms with Crippen LogP contribution < -0.4 is 14.8 Å². The molecule has 7 nitrogen and oxygen atoms in total. The van der Waals surface area contributed by atoms with Gasteiger partial charge in [-0.05, 0) is 71.3 Å². The SMILES string of the molecule is COc1ccc(OC)c(C(=O)[C@H]2[C@H](C(=O)c3ccc(Cl)cc3)N3C=Cc4ccccc4[C@@H]3[C@]23C(=O)Nc2ccccc23)c1. The molecule has 0 saturated carbocycles. The average Bonchev–Trinajstić information content (AvgIpc) is 3.52. The minimum atomic E-state index is -1.45. The molecule has 3 heterocycles. The molecule has 4 aromatic rings. The van der Waals surface area contributed by atoms with Crippen LogP contribution in [0.5, 0.6) is 11.5 Å². The normalized spacial score (nSPS) is 22.9. The molecule has 3 aliphatic rings. The van der Waals surface area contributed by atoms with E-state index in [4.69, 9.17) is 21.1 Å². The van der Waals surface area contributed by atoms with Crippen LogP contribution in [0.15, 0.2) is 97.2 Å². The molecule has 1 spiro atoms. The van der Waals surface area contributed by atoms with Crippen molar-refractivity contribution in [3.63, 3.8) is 0 Å². The van der Waals surface area contributed by atoms with E-state index in [-0.39, 0.29) is 17.3 Å². The molecule has 0 bridgehead atoms. The van der Waals surface area contributed by atoms with E-state index in [0.717, 1.165) is 11.1 Å². The Bertz CT molecular complexity index is 1830. The third kappa shape index (κ3) is 3.85. The van der Waals surface area contributed by atoms with Gasteiger partial charge in [0.2, 0.25) is 5.91 Å². The number of methoxy groups -OCH3 is 2. The maximum Gasteiger partial charge on any atom is 0.238 e. The van der Waals surface area contributed by atoms with E-state index in [1.54, 1.807) is 42.5 Å². The van der Waals surface area contributed by atoms with Crippen molar-refractivity contribution in [3.05, 3.63) is 130 Å². The molecule has 0 radical (unpaired) electrons. The van der Waals surface area contributed by atoms with Gasteiger partial charge in [0.25, 0.3) is 0 Å². The van der Waals surface area contributed by atoms with Gasteiger partial charge in [-0.2, -0.15) is 0 Å². The lowest BCUT2D eigenvalue weighted by Gasteiger charge is -2.38. The highest BCUT2D eigenvalue weighted by Gasteiger charge is 2.70. The Balaban J connectivity index is 1.55.